The largest absolute Gasteiger partial charge is 0.261 e. The fourth-order valence-electron chi connectivity index (χ4n) is 2.68. The fourth-order valence-corrected chi connectivity index (χ4v) is 4.23. The van der Waals surface area contributed by atoms with Crippen LogP contribution in [0, 0.1) is 11.3 Å². The molecule has 0 radical (unpaired) electrons. The van der Waals surface area contributed by atoms with Crippen molar-refractivity contribution in [1.29, 1.82) is 5.26 Å². The van der Waals surface area contributed by atoms with Gasteiger partial charge in [-0.3, -0.25) is 4.98 Å². The first-order valence-electron chi connectivity index (χ1n) is 7.02. The lowest BCUT2D eigenvalue weighted by molar-refractivity contribution is 0.472. The minimum Gasteiger partial charge on any atom is -0.261 e. The molecule has 1 aromatic heterocycles. The first kappa shape index (κ1) is 14.7. The van der Waals surface area contributed by atoms with E-state index in [1.165, 1.54) is 16.4 Å². The Hall–Kier alpha value is -2.23. The average Bonchev–Trinajstić information content (AvgIpc) is 3.06. The third-order valence-corrected chi connectivity index (χ3v) is 5.72. The lowest BCUT2D eigenvalue weighted by Gasteiger charge is -2.16. The Morgan fingerprint density at radius 1 is 1.23 bits per heavy atom. The van der Waals surface area contributed by atoms with Gasteiger partial charge in [0.25, 0.3) is 0 Å². The highest BCUT2D eigenvalue weighted by Crippen LogP contribution is 2.30. The molecule has 2 aromatic rings. The summed E-state index contributed by atoms with van der Waals surface area (Å²) in [6.07, 6.45) is 2.48. The van der Waals surface area contributed by atoms with Gasteiger partial charge in [0.05, 0.1) is 16.5 Å². The lowest BCUT2D eigenvalue weighted by Crippen LogP contribution is -2.28. The van der Waals surface area contributed by atoms with Gasteiger partial charge in [-0.05, 0) is 36.8 Å². The normalized spacial score (nSPS) is 19.0. The van der Waals surface area contributed by atoms with E-state index in [1.807, 2.05) is 24.3 Å². The molecule has 3 rings (SSSR count). The van der Waals surface area contributed by atoms with Crippen LogP contribution in [0.2, 0.25) is 0 Å². The van der Waals surface area contributed by atoms with Crippen LogP contribution in [0.4, 0.5) is 0 Å². The van der Waals surface area contributed by atoms with Gasteiger partial charge in [-0.2, -0.15) is 9.57 Å². The molecule has 2 heterocycles. The van der Waals surface area contributed by atoms with Crippen molar-refractivity contribution in [1.82, 2.24) is 9.29 Å². The summed E-state index contributed by atoms with van der Waals surface area (Å²) in [6, 6.07) is 13.8. The standard InChI is InChI=1S/C16H15N3O2S/c17-11-13-4-3-5-15(10-13)22(20,21)19-9-7-14(12-19)16-6-1-2-8-18-16/h1-6,8,10,14H,7,9,12H2. The van der Waals surface area contributed by atoms with E-state index in [2.05, 4.69) is 4.98 Å². The number of hydrogen-bond donors (Lipinski definition) is 0. The summed E-state index contributed by atoms with van der Waals surface area (Å²) in [4.78, 5) is 4.49. The van der Waals surface area contributed by atoms with Gasteiger partial charge in [0, 0.05) is 30.9 Å². The molecule has 0 saturated carbocycles. The minimum atomic E-state index is -3.56. The van der Waals surface area contributed by atoms with E-state index in [4.69, 9.17) is 5.26 Å². The molecule has 0 N–H and O–H groups in total. The van der Waals surface area contributed by atoms with Gasteiger partial charge >= 0.3 is 0 Å². The van der Waals surface area contributed by atoms with Gasteiger partial charge in [0.2, 0.25) is 10.0 Å². The highest BCUT2D eigenvalue weighted by Gasteiger charge is 2.33. The van der Waals surface area contributed by atoms with E-state index in [0.29, 0.717) is 18.7 Å². The van der Waals surface area contributed by atoms with Crippen LogP contribution in [-0.4, -0.2) is 30.8 Å². The van der Waals surface area contributed by atoms with Crippen LogP contribution >= 0.6 is 0 Å². The van der Waals surface area contributed by atoms with Crippen molar-refractivity contribution in [3.8, 4) is 6.07 Å². The van der Waals surface area contributed by atoms with Crippen molar-refractivity contribution in [2.45, 2.75) is 17.2 Å². The van der Waals surface area contributed by atoms with Crippen LogP contribution in [0.25, 0.3) is 0 Å². The Bertz CT molecular complexity index is 813. The molecular formula is C16H15N3O2S. The molecule has 0 amide bonds. The van der Waals surface area contributed by atoms with Gasteiger partial charge in [-0.1, -0.05) is 12.1 Å². The summed E-state index contributed by atoms with van der Waals surface area (Å²) in [6.45, 7) is 0.899. The van der Waals surface area contributed by atoms with Gasteiger partial charge in [-0.25, -0.2) is 8.42 Å². The summed E-state index contributed by atoms with van der Waals surface area (Å²) >= 11 is 0. The fraction of sp³-hybridized carbons (Fsp3) is 0.250. The smallest absolute Gasteiger partial charge is 0.243 e. The first-order chi connectivity index (χ1) is 10.6. The monoisotopic (exact) mass is 313 g/mol. The molecule has 0 aliphatic carbocycles. The summed E-state index contributed by atoms with van der Waals surface area (Å²) in [5.74, 6) is 0.120. The van der Waals surface area contributed by atoms with Crippen molar-refractivity contribution < 1.29 is 8.42 Å². The second-order valence-corrected chi connectivity index (χ2v) is 7.18. The zero-order valence-electron chi connectivity index (χ0n) is 11.9. The van der Waals surface area contributed by atoms with Crippen molar-refractivity contribution in [2.24, 2.45) is 0 Å². The van der Waals surface area contributed by atoms with E-state index in [9.17, 15) is 8.42 Å². The van der Waals surface area contributed by atoms with E-state index in [-0.39, 0.29) is 10.8 Å². The van der Waals surface area contributed by atoms with Crippen molar-refractivity contribution >= 4 is 10.0 Å². The van der Waals surface area contributed by atoms with Gasteiger partial charge in [-0.15, -0.1) is 0 Å². The molecule has 1 aliphatic rings. The molecule has 1 unspecified atom stereocenters. The van der Waals surface area contributed by atoms with Gasteiger partial charge in [0.15, 0.2) is 0 Å². The predicted molar refractivity (Wildman–Crippen MR) is 81.5 cm³/mol. The molecule has 1 saturated heterocycles. The van der Waals surface area contributed by atoms with E-state index >= 15 is 0 Å². The number of sulfonamides is 1. The zero-order chi connectivity index (χ0) is 15.6. The first-order valence-corrected chi connectivity index (χ1v) is 8.46. The predicted octanol–water partition coefficient (Wildman–Crippen LogP) is 2.13. The molecule has 22 heavy (non-hydrogen) atoms. The Balaban J connectivity index is 1.84. The quantitative estimate of drug-likeness (QED) is 0.870. The molecular weight excluding hydrogens is 298 g/mol. The Morgan fingerprint density at radius 2 is 2.09 bits per heavy atom. The van der Waals surface area contributed by atoms with Crippen LogP contribution < -0.4 is 0 Å². The highest BCUT2D eigenvalue weighted by atomic mass is 32.2. The van der Waals surface area contributed by atoms with Crippen LogP contribution in [0.1, 0.15) is 23.6 Å². The van der Waals surface area contributed by atoms with Gasteiger partial charge < -0.3 is 0 Å². The molecule has 0 bridgehead atoms. The Labute approximate surface area is 129 Å². The number of rotatable bonds is 3. The van der Waals surface area contributed by atoms with Crippen LogP contribution in [0.3, 0.4) is 0 Å². The van der Waals surface area contributed by atoms with Gasteiger partial charge in [0.1, 0.15) is 0 Å². The van der Waals surface area contributed by atoms with Crippen LogP contribution in [-0.2, 0) is 10.0 Å². The summed E-state index contributed by atoms with van der Waals surface area (Å²) in [7, 11) is -3.56. The topological polar surface area (TPSA) is 74.1 Å². The highest BCUT2D eigenvalue weighted by molar-refractivity contribution is 7.89. The van der Waals surface area contributed by atoms with Crippen molar-refractivity contribution in [2.75, 3.05) is 13.1 Å². The molecule has 6 heteroatoms. The molecule has 5 nitrogen and oxygen atoms in total. The lowest BCUT2D eigenvalue weighted by atomic mass is 10.0. The molecule has 1 aromatic carbocycles. The van der Waals surface area contributed by atoms with Crippen LogP contribution in [0.15, 0.2) is 53.6 Å². The number of aromatic nitrogens is 1. The van der Waals surface area contributed by atoms with E-state index in [0.717, 1.165) is 12.1 Å². The zero-order valence-corrected chi connectivity index (χ0v) is 12.7. The summed E-state index contributed by atoms with van der Waals surface area (Å²) in [5, 5.41) is 8.92. The van der Waals surface area contributed by atoms with Crippen molar-refractivity contribution in [3.63, 3.8) is 0 Å². The van der Waals surface area contributed by atoms with E-state index in [1.54, 1.807) is 18.3 Å². The number of nitriles is 1. The number of hydrogen-bond acceptors (Lipinski definition) is 4. The third-order valence-electron chi connectivity index (χ3n) is 3.86. The third kappa shape index (κ3) is 2.73. The molecule has 1 aliphatic heterocycles. The Morgan fingerprint density at radius 3 is 2.82 bits per heavy atom. The molecule has 112 valence electrons. The Kier molecular flexibility index (Phi) is 3.92. The summed E-state index contributed by atoms with van der Waals surface area (Å²) in [5.41, 5.74) is 1.27. The van der Waals surface area contributed by atoms with Crippen LogP contribution in [0.5, 0.6) is 0 Å². The molecule has 1 atom stereocenters. The molecule has 1 fully saturated rings. The van der Waals surface area contributed by atoms with Crippen molar-refractivity contribution in [3.05, 3.63) is 59.9 Å². The van der Waals surface area contributed by atoms with E-state index < -0.39 is 10.0 Å². The maximum Gasteiger partial charge on any atom is 0.243 e. The SMILES string of the molecule is N#Cc1cccc(S(=O)(=O)N2CCC(c3ccccn3)C2)c1. The number of nitrogens with zero attached hydrogens (tertiary/aromatic N) is 3. The molecule has 0 spiro atoms. The number of pyridine rings is 1. The summed E-state index contributed by atoms with van der Waals surface area (Å²) < 4.78 is 26.8. The minimum absolute atomic E-state index is 0.120. The maximum absolute atomic E-state index is 12.7. The second-order valence-electron chi connectivity index (χ2n) is 5.24. The average molecular weight is 313 g/mol. The maximum atomic E-state index is 12.7. The second kappa shape index (κ2) is 5.87. The number of benzene rings is 1.